The van der Waals surface area contributed by atoms with Crippen molar-refractivity contribution in [1.82, 2.24) is 9.55 Å². The van der Waals surface area contributed by atoms with E-state index in [-0.39, 0.29) is 12.1 Å². The maximum absolute atomic E-state index is 11.6. The van der Waals surface area contributed by atoms with E-state index >= 15 is 0 Å². The number of hydrogen-bond acceptors (Lipinski definition) is 3. The van der Waals surface area contributed by atoms with Gasteiger partial charge in [-0.2, -0.15) is 0 Å². The maximum Gasteiger partial charge on any atom is 0.310 e. The van der Waals surface area contributed by atoms with Gasteiger partial charge in [-0.25, -0.2) is 4.98 Å². The summed E-state index contributed by atoms with van der Waals surface area (Å²) in [5.74, 6) is -0.950. The molecule has 15 heavy (non-hydrogen) atoms. The topological polar surface area (TPSA) is 72.2 Å². The minimum atomic E-state index is -0.994. The van der Waals surface area contributed by atoms with Gasteiger partial charge >= 0.3 is 5.97 Å². The Morgan fingerprint density at radius 1 is 1.67 bits per heavy atom. The first-order valence-electron chi connectivity index (χ1n) is 4.28. The van der Waals surface area contributed by atoms with E-state index in [0.717, 1.165) is 0 Å². The van der Waals surface area contributed by atoms with Gasteiger partial charge in [0.1, 0.15) is 4.47 Å². The van der Waals surface area contributed by atoms with E-state index < -0.39 is 11.4 Å². The SMILES string of the molecule is CC(C)(Cn1cncc(Br)c1=O)C(=O)O. The van der Waals surface area contributed by atoms with Crippen LogP contribution in [-0.4, -0.2) is 20.6 Å². The van der Waals surface area contributed by atoms with Crippen LogP contribution in [0.3, 0.4) is 0 Å². The number of nitrogens with zero attached hydrogens (tertiary/aromatic N) is 2. The zero-order chi connectivity index (χ0) is 11.6. The van der Waals surface area contributed by atoms with Gasteiger partial charge in [0.25, 0.3) is 5.56 Å². The van der Waals surface area contributed by atoms with E-state index in [9.17, 15) is 9.59 Å². The lowest BCUT2D eigenvalue weighted by molar-refractivity contribution is -0.147. The van der Waals surface area contributed by atoms with Crippen LogP contribution in [0, 0.1) is 5.41 Å². The highest BCUT2D eigenvalue weighted by atomic mass is 79.9. The average molecular weight is 275 g/mol. The van der Waals surface area contributed by atoms with E-state index in [0.29, 0.717) is 4.47 Å². The number of hydrogen-bond donors (Lipinski definition) is 1. The minimum Gasteiger partial charge on any atom is -0.481 e. The average Bonchev–Trinajstić information content (AvgIpc) is 2.12. The number of carboxylic acids is 1. The van der Waals surface area contributed by atoms with Crippen LogP contribution in [0.1, 0.15) is 13.8 Å². The summed E-state index contributed by atoms with van der Waals surface area (Å²) in [5, 5.41) is 8.92. The summed E-state index contributed by atoms with van der Waals surface area (Å²) in [5.41, 5.74) is -1.27. The fourth-order valence-corrected chi connectivity index (χ4v) is 1.38. The molecule has 0 amide bonds. The third-order valence-electron chi connectivity index (χ3n) is 2.00. The Kier molecular flexibility index (Phi) is 3.28. The van der Waals surface area contributed by atoms with Crippen LogP contribution in [0.2, 0.25) is 0 Å². The first-order chi connectivity index (χ1) is 6.84. The Labute approximate surface area is 94.9 Å². The molecule has 0 unspecified atom stereocenters. The van der Waals surface area contributed by atoms with Crippen molar-refractivity contribution in [2.45, 2.75) is 20.4 Å². The minimum absolute atomic E-state index is 0.0909. The zero-order valence-electron chi connectivity index (χ0n) is 8.40. The number of halogens is 1. The Morgan fingerprint density at radius 2 is 2.27 bits per heavy atom. The molecule has 0 saturated heterocycles. The van der Waals surface area contributed by atoms with Crippen molar-refractivity contribution in [2.75, 3.05) is 0 Å². The van der Waals surface area contributed by atoms with Gasteiger partial charge in [-0.05, 0) is 29.8 Å². The lowest BCUT2D eigenvalue weighted by Crippen LogP contribution is -2.34. The molecule has 0 aliphatic carbocycles. The van der Waals surface area contributed by atoms with Crippen molar-refractivity contribution < 1.29 is 9.90 Å². The van der Waals surface area contributed by atoms with Crippen molar-refractivity contribution >= 4 is 21.9 Å². The molecular formula is C9H11BrN2O3. The molecule has 0 aliphatic heterocycles. The molecular weight excluding hydrogens is 264 g/mol. The smallest absolute Gasteiger partial charge is 0.310 e. The quantitative estimate of drug-likeness (QED) is 0.897. The molecule has 1 N–H and O–H groups in total. The number of carboxylic acid groups (broad SMARTS) is 1. The van der Waals surface area contributed by atoms with E-state index in [4.69, 9.17) is 5.11 Å². The second kappa shape index (κ2) is 4.14. The lowest BCUT2D eigenvalue weighted by Gasteiger charge is -2.19. The first kappa shape index (κ1) is 11.9. The Hall–Kier alpha value is -1.17. The van der Waals surface area contributed by atoms with Crippen LogP contribution < -0.4 is 5.56 Å². The summed E-state index contributed by atoms with van der Waals surface area (Å²) in [7, 11) is 0. The monoisotopic (exact) mass is 274 g/mol. The van der Waals surface area contributed by atoms with Crippen molar-refractivity contribution in [2.24, 2.45) is 5.41 Å². The van der Waals surface area contributed by atoms with Crippen molar-refractivity contribution in [3.05, 3.63) is 27.4 Å². The molecule has 0 fully saturated rings. The summed E-state index contributed by atoms with van der Waals surface area (Å²) in [6.07, 6.45) is 2.71. The molecule has 1 aromatic heterocycles. The molecule has 0 radical (unpaired) electrons. The highest BCUT2D eigenvalue weighted by molar-refractivity contribution is 9.10. The third-order valence-corrected chi connectivity index (χ3v) is 2.55. The van der Waals surface area contributed by atoms with Gasteiger partial charge < -0.3 is 5.11 Å². The van der Waals surface area contributed by atoms with E-state index in [2.05, 4.69) is 20.9 Å². The maximum atomic E-state index is 11.6. The molecule has 0 bridgehead atoms. The van der Waals surface area contributed by atoms with Gasteiger partial charge in [0.15, 0.2) is 0 Å². The number of carbonyl (C=O) groups is 1. The summed E-state index contributed by atoms with van der Waals surface area (Å²) < 4.78 is 1.60. The second-order valence-corrected chi connectivity index (χ2v) is 4.72. The Bertz CT molecular complexity index is 439. The summed E-state index contributed by atoms with van der Waals surface area (Å²) >= 11 is 3.05. The molecule has 1 aromatic rings. The van der Waals surface area contributed by atoms with Gasteiger partial charge in [-0.3, -0.25) is 14.2 Å². The fraction of sp³-hybridized carbons (Fsp3) is 0.444. The molecule has 0 saturated carbocycles. The molecule has 0 spiro atoms. The largest absolute Gasteiger partial charge is 0.481 e. The lowest BCUT2D eigenvalue weighted by atomic mass is 9.94. The van der Waals surface area contributed by atoms with E-state index in [1.54, 1.807) is 13.8 Å². The van der Waals surface area contributed by atoms with Gasteiger partial charge in [0.2, 0.25) is 0 Å². The van der Waals surface area contributed by atoms with Crippen LogP contribution in [0.5, 0.6) is 0 Å². The van der Waals surface area contributed by atoms with Crippen LogP contribution in [0.25, 0.3) is 0 Å². The molecule has 0 aromatic carbocycles. The summed E-state index contributed by atoms with van der Waals surface area (Å²) in [6, 6.07) is 0. The number of aliphatic carboxylic acids is 1. The highest BCUT2D eigenvalue weighted by Crippen LogP contribution is 2.17. The molecule has 0 atom stereocenters. The summed E-state index contributed by atoms with van der Waals surface area (Å²) in [4.78, 5) is 26.2. The van der Waals surface area contributed by atoms with Crippen molar-refractivity contribution in [3.63, 3.8) is 0 Å². The Morgan fingerprint density at radius 3 is 2.80 bits per heavy atom. The van der Waals surface area contributed by atoms with Gasteiger partial charge in [0, 0.05) is 12.7 Å². The van der Waals surface area contributed by atoms with Crippen molar-refractivity contribution in [3.8, 4) is 0 Å². The number of rotatable bonds is 3. The third kappa shape index (κ3) is 2.65. The number of aromatic nitrogens is 2. The van der Waals surface area contributed by atoms with E-state index in [1.165, 1.54) is 17.1 Å². The predicted octanol–water partition coefficient (Wildman–Crippen LogP) is 1.12. The van der Waals surface area contributed by atoms with Crippen LogP contribution in [0.15, 0.2) is 21.8 Å². The zero-order valence-corrected chi connectivity index (χ0v) is 9.98. The van der Waals surface area contributed by atoms with Crippen LogP contribution in [-0.2, 0) is 11.3 Å². The summed E-state index contributed by atoms with van der Waals surface area (Å²) in [6.45, 7) is 3.21. The normalized spacial score (nSPS) is 11.4. The second-order valence-electron chi connectivity index (χ2n) is 3.86. The predicted molar refractivity (Wildman–Crippen MR) is 57.6 cm³/mol. The van der Waals surface area contributed by atoms with Crippen LogP contribution in [0.4, 0.5) is 0 Å². The standard InChI is InChI=1S/C9H11BrN2O3/c1-9(2,8(14)15)4-12-5-11-3-6(10)7(12)13/h3,5H,4H2,1-2H3,(H,14,15). The van der Waals surface area contributed by atoms with Gasteiger partial charge in [-0.1, -0.05) is 0 Å². The molecule has 1 rings (SSSR count). The van der Waals surface area contributed by atoms with Crippen molar-refractivity contribution in [1.29, 1.82) is 0 Å². The Balaban J connectivity index is 3.06. The van der Waals surface area contributed by atoms with Gasteiger partial charge in [-0.15, -0.1) is 0 Å². The molecule has 1 heterocycles. The van der Waals surface area contributed by atoms with Crippen LogP contribution >= 0.6 is 15.9 Å². The molecule has 5 nitrogen and oxygen atoms in total. The fourth-order valence-electron chi connectivity index (χ4n) is 1.03. The van der Waals surface area contributed by atoms with E-state index in [1.807, 2.05) is 0 Å². The van der Waals surface area contributed by atoms with Gasteiger partial charge in [0.05, 0.1) is 11.7 Å². The molecule has 0 aliphatic rings. The molecule has 6 heteroatoms. The molecule has 82 valence electrons. The first-order valence-corrected chi connectivity index (χ1v) is 5.07. The highest BCUT2D eigenvalue weighted by Gasteiger charge is 2.28.